The van der Waals surface area contributed by atoms with Crippen LogP contribution in [0.15, 0.2) is 18.2 Å². The van der Waals surface area contributed by atoms with Gasteiger partial charge in [-0.3, -0.25) is 4.79 Å². The number of aromatic nitrogens is 2. The number of aromatic amines is 1. The SMILES string of the molecule is Cc1ccc2nc(CN(C)C(=O)[C@@H]3CC4(CCNCC4)CN3)[nH]c2c1. The van der Waals surface area contributed by atoms with Gasteiger partial charge in [0.15, 0.2) is 0 Å². The highest BCUT2D eigenvalue weighted by Crippen LogP contribution is 2.37. The summed E-state index contributed by atoms with van der Waals surface area (Å²) in [4.78, 5) is 22.6. The second kappa shape index (κ2) is 6.42. The molecule has 3 N–H and O–H groups in total. The van der Waals surface area contributed by atoms with Crippen LogP contribution in [0.3, 0.4) is 0 Å². The van der Waals surface area contributed by atoms with Gasteiger partial charge in [-0.15, -0.1) is 0 Å². The lowest BCUT2D eigenvalue weighted by Crippen LogP contribution is -2.41. The molecule has 1 aromatic carbocycles. The van der Waals surface area contributed by atoms with Crippen LogP contribution in [0.25, 0.3) is 11.0 Å². The third kappa shape index (κ3) is 3.28. The summed E-state index contributed by atoms with van der Waals surface area (Å²) in [5, 5.41) is 6.88. The van der Waals surface area contributed by atoms with Gasteiger partial charge in [0.2, 0.25) is 5.91 Å². The predicted octanol–water partition coefficient (Wildman–Crippen LogP) is 1.56. The zero-order valence-corrected chi connectivity index (χ0v) is 15.1. The first-order valence-electron chi connectivity index (χ1n) is 9.19. The maximum Gasteiger partial charge on any atom is 0.239 e. The van der Waals surface area contributed by atoms with Gasteiger partial charge in [-0.25, -0.2) is 4.98 Å². The fourth-order valence-corrected chi connectivity index (χ4v) is 4.25. The lowest BCUT2D eigenvalue weighted by molar-refractivity contribution is -0.132. The van der Waals surface area contributed by atoms with Gasteiger partial charge in [-0.2, -0.15) is 0 Å². The van der Waals surface area contributed by atoms with E-state index in [4.69, 9.17) is 0 Å². The predicted molar refractivity (Wildman–Crippen MR) is 98.2 cm³/mol. The molecule has 25 heavy (non-hydrogen) atoms. The number of nitrogens with one attached hydrogen (secondary N) is 3. The molecule has 2 saturated heterocycles. The van der Waals surface area contributed by atoms with Gasteiger partial charge in [0.25, 0.3) is 0 Å². The monoisotopic (exact) mass is 341 g/mol. The molecule has 1 amide bonds. The van der Waals surface area contributed by atoms with Crippen LogP contribution in [0, 0.1) is 12.3 Å². The van der Waals surface area contributed by atoms with Crippen LogP contribution in [-0.4, -0.2) is 53.5 Å². The van der Waals surface area contributed by atoms with E-state index in [0.29, 0.717) is 12.0 Å². The van der Waals surface area contributed by atoms with Gasteiger partial charge < -0.3 is 20.5 Å². The summed E-state index contributed by atoms with van der Waals surface area (Å²) in [6.45, 7) is 5.67. The molecular weight excluding hydrogens is 314 g/mol. The summed E-state index contributed by atoms with van der Waals surface area (Å²) in [7, 11) is 1.87. The average Bonchev–Trinajstić information content (AvgIpc) is 3.18. The highest BCUT2D eigenvalue weighted by molar-refractivity contribution is 5.82. The van der Waals surface area contributed by atoms with Crippen molar-refractivity contribution in [2.75, 3.05) is 26.7 Å². The van der Waals surface area contributed by atoms with Crippen molar-refractivity contribution in [1.82, 2.24) is 25.5 Å². The van der Waals surface area contributed by atoms with Crippen LogP contribution in [-0.2, 0) is 11.3 Å². The number of aryl methyl sites for hydroxylation is 1. The molecule has 0 radical (unpaired) electrons. The Morgan fingerprint density at radius 2 is 2.16 bits per heavy atom. The number of fused-ring (bicyclic) bond motifs is 1. The zero-order valence-electron chi connectivity index (χ0n) is 15.1. The Balaban J connectivity index is 1.41. The van der Waals surface area contributed by atoms with Crippen LogP contribution in [0.4, 0.5) is 0 Å². The number of carbonyl (C=O) groups excluding carboxylic acids is 1. The number of rotatable bonds is 3. The lowest BCUT2D eigenvalue weighted by atomic mass is 9.77. The minimum absolute atomic E-state index is 0.0604. The number of hydrogen-bond acceptors (Lipinski definition) is 4. The maximum atomic E-state index is 12.9. The van der Waals surface area contributed by atoms with E-state index in [1.807, 2.05) is 13.1 Å². The zero-order chi connectivity index (χ0) is 17.4. The van der Waals surface area contributed by atoms with Crippen molar-refractivity contribution in [2.24, 2.45) is 5.41 Å². The van der Waals surface area contributed by atoms with Crippen molar-refractivity contribution >= 4 is 16.9 Å². The number of hydrogen-bond donors (Lipinski definition) is 3. The summed E-state index contributed by atoms with van der Waals surface area (Å²) in [5.74, 6) is 1.01. The number of piperidine rings is 1. The Bertz CT molecular complexity index is 777. The Morgan fingerprint density at radius 1 is 1.36 bits per heavy atom. The fourth-order valence-electron chi connectivity index (χ4n) is 4.25. The lowest BCUT2D eigenvalue weighted by Gasteiger charge is -2.33. The minimum Gasteiger partial charge on any atom is -0.340 e. The van der Waals surface area contributed by atoms with Crippen molar-refractivity contribution in [2.45, 2.75) is 38.8 Å². The third-order valence-corrected chi connectivity index (χ3v) is 5.77. The van der Waals surface area contributed by atoms with Crippen LogP contribution < -0.4 is 10.6 Å². The van der Waals surface area contributed by atoms with Crippen molar-refractivity contribution in [3.05, 3.63) is 29.6 Å². The standard InChI is InChI=1S/C19H27N5O/c1-13-3-4-14-15(9-13)23-17(22-14)11-24(2)18(25)16-10-19(12-21-16)5-7-20-8-6-19/h3-4,9,16,20-21H,5-8,10-12H2,1-2H3,(H,22,23)/t16-/m0/s1. The van der Waals surface area contributed by atoms with Gasteiger partial charge in [-0.05, 0) is 62.4 Å². The smallest absolute Gasteiger partial charge is 0.239 e. The molecule has 0 saturated carbocycles. The topological polar surface area (TPSA) is 73.1 Å². The quantitative estimate of drug-likeness (QED) is 0.792. The second-order valence-corrected chi connectivity index (χ2v) is 7.79. The third-order valence-electron chi connectivity index (χ3n) is 5.77. The summed E-state index contributed by atoms with van der Waals surface area (Å²) < 4.78 is 0. The summed E-state index contributed by atoms with van der Waals surface area (Å²) in [6.07, 6.45) is 3.28. The number of H-pyrrole nitrogens is 1. The number of carbonyl (C=O) groups is 1. The van der Waals surface area contributed by atoms with Gasteiger partial charge in [0.05, 0.1) is 23.6 Å². The van der Waals surface area contributed by atoms with E-state index in [1.165, 1.54) is 5.56 Å². The average molecular weight is 341 g/mol. The first kappa shape index (κ1) is 16.5. The molecule has 134 valence electrons. The Morgan fingerprint density at radius 3 is 2.96 bits per heavy atom. The van der Waals surface area contributed by atoms with Crippen molar-refractivity contribution in [3.63, 3.8) is 0 Å². The van der Waals surface area contributed by atoms with E-state index in [9.17, 15) is 4.79 Å². The molecule has 0 unspecified atom stereocenters. The molecule has 1 spiro atoms. The fraction of sp³-hybridized carbons (Fsp3) is 0.579. The molecule has 0 bridgehead atoms. The van der Waals surface area contributed by atoms with Crippen molar-refractivity contribution in [1.29, 1.82) is 0 Å². The van der Waals surface area contributed by atoms with E-state index in [1.54, 1.807) is 4.90 Å². The van der Waals surface area contributed by atoms with Crippen LogP contribution >= 0.6 is 0 Å². The van der Waals surface area contributed by atoms with Gasteiger partial charge in [0.1, 0.15) is 5.82 Å². The molecule has 4 rings (SSSR count). The molecule has 1 atom stereocenters. The molecule has 6 heteroatoms. The van der Waals surface area contributed by atoms with Crippen molar-refractivity contribution in [3.8, 4) is 0 Å². The molecule has 2 aromatic rings. The second-order valence-electron chi connectivity index (χ2n) is 7.79. The Kier molecular flexibility index (Phi) is 4.25. The maximum absolute atomic E-state index is 12.9. The number of likely N-dealkylation sites (N-methyl/N-ethyl adjacent to an activating group) is 1. The minimum atomic E-state index is -0.0604. The molecule has 0 aliphatic carbocycles. The molecule has 2 aliphatic rings. The van der Waals surface area contributed by atoms with Crippen LogP contribution in [0.1, 0.15) is 30.7 Å². The van der Waals surface area contributed by atoms with E-state index in [0.717, 1.165) is 55.8 Å². The molecule has 3 heterocycles. The Hall–Kier alpha value is -1.92. The van der Waals surface area contributed by atoms with Gasteiger partial charge in [0, 0.05) is 13.6 Å². The van der Waals surface area contributed by atoms with Gasteiger partial charge in [-0.1, -0.05) is 6.07 Å². The molecule has 2 fully saturated rings. The summed E-state index contributed by atoms with van der Waals surface area (Å²) in [6, 6.07) is 6.11. The number of imidazole rings is 1. The first-order valence-corrected chi connectivity index (χ1v) is 9.19. The molecular formula is C19H27N5O. The number of benzene rings is 1. The van der Waals surface area contributed by atoms with E-state index in [2.05, 4.69) is 39.7 Å². The highest BCUT2D eigenvalue weighted by Gasteiger charge is 2.42. The largest absolute Gasteiger partial charge is 0.340 e. The summed E-state index contributed by atoms with van der Waals surface area (Å²) >= 11 is 0. The van der Waals surface area contributed by atoms with Gasteiger partial charge >= 0.3 is 0 Å². The van der Waals surface area contributed by atoms with E-state index in [-0.39, 0.29) is 11.9 Å². The first-order chi connectivity index (χ1) is 12.0. The van der Waals surface area contributed by atoms with Crippen LogP contribution in [0.2, 0.25) is 0 Å². The van der Waals surface area contributed by atoms with E-state index < -0.39 is 0 Å². The number of amides is 1. The van der Waals surface area contributed by atoms with Crippen molar-refractivity contribution < 1.29 is 4.79 Å². The van der Waals surface area contributed by atoms with E-state index >= 15 is 0 Å². The highest BCUT2D eigenvalue weighted by atomic mass is 16.2. The summed E-state index contributed by atoms with van der Waals surface area (Å²) in [5.41, 5.74) is 3.50. The Labute approximate surface area is 148 Å². The molecule has 6 nitrogen and oxygen atoms in total. The van der Waals surface area contributed by atoms with Crippen LogP contribution in [0.5, 0.6) is 0 Å². The molecule has 1 aromatic heterocycles. The number of nitrogens with zero attached hydrogens (tertiary/aromatic N) is 2. The molecule has 2 aliphatic heterocycles. The normalized spacial score (nSPS) is 22.6.